The lowest BCUT2D eigenvalue weighted by Crippen LogP contribution is -2.01. The van der Waals surface area contributed by atoms with Crippen molar-refractivity contribution in [2.45, 2.75) is 6.92 Å². The summed E-state index contributed by atoms with van der Waals surface area (Å²) < 4.78 is 1.72. The van der Waals surface area contributed by atoms with Gasteiger partial charge in [0.15, 0.2) is 0 Å². The molecule has 0 fully saturated rings. The van der Waals surface area contributed by atoms with E-state index in [9.17, 15) is 0 Å². The number of benzene rings is 2. The maximum Gasteiger partial charge on any atom is 0.130 e. The van der Waals surface area contributed by atoms with Gasteiger partial charge in [0.2, 0.25) is 0 Å². The summed E-state index contributed by atoms with van der Waals surface area (Å²) >= 11 is 12.2. The van der Waals surface area contributed by atoms with Crippen LogP contribution in [-0.2, 0) is 0 Å². The Kier molecular flexibility index (Phi) is 3.62. The second kappa shape index (κ2) is 5.43. The molecule has 3 nitrogen and oxygen atoms in total. The Morgan fingerprint density at radius 2 is 1.76 bits per heavy atom. The van der Waals surface area contributed by atoms with Gasteiger partial charge in [0.1, 0.15) is 5.82 Å². The van der Waals surface area contributed by atoms with Crippen molar-refractivity contribution in [2.75, 3.05) is 5.73 Å². The molecule has 0 spiro atoms. The Bertz CT molecular complexity index is 795. The molecule has 0 saturated carbocycles. The normalized spacial score (nSPS) is 10.8. The Morgan fingerprint density at radius 3 is 2.43 bits per heavy atom. The van der Waals surface area contributed by atoms with Gasteiger partial charge in [-0.3, -0.25) is 0 Å². The van der Waals surface area contributed by atoms with Crippen LogP contribution in [0.4, 0.5) is 5.82 Å². The van der Waals surface area contributed by atoms with Crippen molar-refractivity contribution in [2.24, 2.45) is 0 Å². The van der Waals surface area contributed by atoms with E-state index in [1.165, 1.54) is 0 Å². The van der Waals surface area contributed by atoms with Crippen molar-refractivity contribution < 1.29 is 0 Å². The van der Waals surface area contributed by atoms with E-state index in [0.29, 0.717) is 15.9 Å². The standard InChI is InChI=1S/C16H13Cl2N3/c1-10-15(13-8-7-11(17)9-14(13)18)20-21(16(10)19)12-5-3-2-4-6-12/h2-9H,19H2,1H3. The van der Waals surface area contributed by atoms with Crippen LogP contribution in [0.15, 0.2) is 48.5 Å². The van der Waals surface area contributed by atoms with Crippen LogP contribution in [0.3, 0.4) is 0 Å². The topological polar surface area (TPSA) is 43.8 Å². The second-order valence-electron chi connectivity index (χ2n) is 4.73. The molecule has 3 rings (SSSR count). The molecular formula is C16H13Cl2N3. The predicted octanol–water partition coefficient (Wildman–Crippen LogP) is 4.74. The first-order chi connectivity index (χ1) is 10.1. The zero-order valence-corrected chi connectivity index (χ0v) is 12.9. The van der Waals surface area contributed by atoms with Gasteiger partial charge in [-0.05, 0) is 37.3 Å². The lowest BCUT2D eigenvalue weighted by molar-refractivity contribution is 0.895. The highest BCUT2D eigenvalue weighted by atomic mass is 35.5. The van der Waals surface area contributed by atoms with Gasteiger partial charge >= 0.3 is 0 Å². The molecule has 3 aromatic rings. The van der Waals surface area contributed by atoms with Crippen LogP contribution in [0.5, 0.6) is 0 Å². The molecule has 2 N–H and O–H groups in total. The first kappa shape index (κ1) is 14.0. The summed E-state index contributed by atoms with van der Waals surface area (Å²) in [5, 5.41) is 5.76. The van der Waals surface area contributed by atoms with Crippen LogP contribution in [-0.4, -0.2) is 9.78 Å². The van der Waals surface area contributed by atoms with Crippen LogP contribution in [0, 0.1) is 6.92 Å². The van der Waals surface area contributed by atoms with E-state index in [1.807, 2.05) is 43.3 Å². The number of anilines is 1. The van der Waals surface area contributed by atoms with Crippen LogP contribution < -0.4 is 5.73 Å². The Hall–Kier alpha value is -1.97. The van der Waals surface area contributed by atoms with Gasteiger partial charge in [-0.25, -0.2) is 4.68 Å². The minimum atomic E-state index is 0.559. The van der Waals surface area contributed by atoms with Crippen LogP contribution >= 0.6 is 23.2 Å². The number of hydrogen-bond acceptors (Lipinski definition) is 2. The number of aromatic nitrogens is 2. The third-order valence-electron chi connectivity index (χ3n) is 3.35. The Morgan fingerprint density at radius 1 is 1.05 bits per heavy atom. The summed E-state index contributed by atoms with van der Waals surface area (Å²) in [6, 6.07) is 15.1. The SMILES string of the molecule is Cc1c(-c2ccc(Cl)cc2Cl)nn(-c2ccccc2)c1N. The molecule has 0 bridgehead atoms. The summed E-state index contributed by atoms with van der Waals surface area (Å²) in [7, 11) is 0. The fourth-order valence-electron chi connectivity index (χ4n) is 2.21. The molecule has 0 aliphatic carbocycles. The lowest BCUT2D eigenvalue weighted by atomic mass is 10.1. The Balaban J connectivity index is 2.17. The summed E-state index contributed by atoms with van der Waals surface area (Å²) in [5.41, 5.74) is 9.57. The fourth-order valence-corrected chi connectivity index (χ4v) is 2.71. The van der Waals surface area contributed by atoms with Crippen molar-refractivity contribution in [1.82, 2.24) is 9.78 Å². The lowest BCUT2D eigenvalue weighted by Gasteiger charge is -2.03. The van der Waals surface area contributed by atoms with E-state index in [1.54, 1.807) is 16.8 Å². The van der Waals surface area contributed by atoms with Gasteiger partial charge in [-0.2, -0.15) is 5.10 Å². The number of hydrogen-bond donors (Lipinski definition) is 1. The zero-order chi connectivity index (χ0) is 15.0. The number of para-hydroxylation sites is 1. The predicted molar refractivity (Wildman–Crippen MR) is 88.2 cm³/mol. The van der Waals surface area contributed by atoms with Gasteiger partial charge < -0.3 is 5.73 Å². The number of rotatable bonds is 2. The van der Waals surface area contributed by atoms with E-state index >= 15 is 0 Å². The molecule has 106 valence electrons. The molecule has 0 atom stereocenters. The van der Waals surface area contributed by atoms with Crippen molar-refractivity contribution in [3.8, 4) is 16.9 Å². The average Bonchev–Trinajstić information content (AvgIpc) is 2.77. The number of halogens is 2. The monoisotopic (exact) mass is 317 g/mol. The van der Waals surface area contributed by atoms with Gasteiger partial charge in [0, 0.05) is 16.1 Å². The molecule has 0 aliphatic heterocycles. The summed E-state index contributed by atoms with van der Waals surface area (Å²) in [6.45, 7) is 1.93. The highest BCUT2D eigenvalue weighted by Gasteiger charge is 2.16. The van der Waals surface area contributed by atoms with Crippen LogP contribution in [0.1, 0.15) is 5.56 Å². The highest BCUT2D eigenvalue weighted by molar-refractivity contribution is 6.36. The third kappa shape index (κ3) is 2.50. The Labute approximate surface area is 132 Å². The molecule has 1 heterocycles. The molecule has 2 aromatic carbocycles. The summed E-state index contributed by atoms with van der Waals surface area (Å²) in [5.74, 6) is 0.599. The minimum Gasteiger partial charge on any atom is -0.383 e. The summed E-state index contributed by atoms with van der Waals surface area (Å²) in [6.07, 6.45) is 0. The van der Waals surface area contributed by atoms with Crippen LogP contribution in [0.25, 0.3) is 16.9 Å². The van der Waals surface area contributed by atoms with Gasteiger partial charge in [0.05, 0.1) is 16.4 Å². The number of nitrogens with zero attached hydrogens (tertiary/aromatic N) is 2. The smallest absolute Gasteiger partial charge is 0.130 e. The first-order valence-corrected chi connectivity index (χ1v) is 7.19. The van der Waals surface area contributed by atoms with Crippen molar-refractivity contribution in [1.29, 1.82) is 0 Å². The highest BCUT2D eigenvalue weighted by Crippen LogP contribution is 2.34. The van der Waals surface area contributed by atoms with E-state index in [2.05, 4.69) is 5.10 Å². The van der Waals surface area contributed by atoms with Crippen molar-refractivity contribution in [3.63, 3.8) is 0 Å². The van der Waals surface area contributed by atoms with Gasteiger partial charge in [-0.1, -0.05) is 41.4 Å². The fraction of sp³-hybridized carbons (Fsp3) is 0.0625. The minimum absolute atomic E-state index is 0.559. The number of nitrogens with two attached hydrogens (primary N) is 1. The molecule has 0 unspecified atom stereocenters. The van der Waals surface area contributed by atoms with Crippen LogP contribution in [0.2, 0.25) is 10.0 Å². The van der Waals surface area contributed by atoms with Crippen molar-refractivity contribution in [3.05, 3.63) is 64.1 Å². The van der Waals surface area contributed by atoms with Gasteiger partial charge in [0.25, 0.3) is 0 Å². The maximum atomic E-state index is 6.27. The molecule has 0 aliphatic rings. The molecule has 1 aromatic heterocycles. The first-order valence-electron chi connectivity index (χ1n) is 6.44. The average molecular weight is 318 g/mol. The second-order valence-corrected chi connectivity index (χ2v) is 5.57. The molecular weight excluding hydrogens is 305 g/mol. The van der Waals surface area contributed by atoms with E-state index in [-0.39, 0.29) is 0 Å². The van der Waals surface area contributed by atoms with E-state index in [0.717, 1.165) is 22.5 Å². The molecule has 21 heavy (non-hydrogen) atoms. The summed E-state index contributed by atoms with van der Waals surface area (Å²) in [4.78, 5) is 0. The van der Waals surface area contributed by atoms with E-state index < -0.39 is 0 Å². The third-order valence-corrected chi connectivity index (χ3v) is 3.90. The van der Waals surface area contributed by atoms with Gasteiger partial charge in [-0.15, -0.1) is 0 Å². The maximum absolute atomic E-state index is 6.27. The number of nitrogen functional groups attached to an aromatic ring is 1. The molecule has 0 radical (unpaired) electrons. The molecule has 0 saturated heterocycles. The largest absolute Gasteiger partial charge is 0.383 e. The van der Waals surface area contributed by atoms with Crippen molar-refractivity contribution >= 4 is 29.0 Å². The van der Waals surface area contributed by atoms with E-state index in [4.69, 9.17) is 28.9 Å². The quantitative estimate of drug-likeness (QED) is 0.742. The zero-order valence-electron chi connectivity index (χ0n) is 11.3. The molecule has 0 amide bonds. The molecule has 5 heteroatoms.